The maximum absolute atomic E-state index is 5.95. The van der Waals surface area contributed by atoms with Crippen molar-refractivity contribution in [3.8, 4) is 11.4 Å². The van der Waals surface area contributed by atoms with Crippen LogP contribution in [0.3, 0.4) is 0 Å². The van der Waals surface area contributed by atoms with Gasteiger partial charge in [-0.3, -0.25) is 0 Å². The zero-order chi connectivity index (χ0) is 15.5. The van der Waals surface area contributed by atoms with E-state index >= 15 is 0 Å². The number of nitrogens with zero attached hydrogens (tertiary/aromatic N) is 2. The van der Waals surface area contributed by atoms with Crippen LogP contribution >= 0.6 is 11.6 Å². The first-order valence-electron chi connectivity index (χ1n) is 7.01. The summed E-state index contributed by atoms with van der Waals surface area (Å²) in [7, 11) is 0. The maximum Gasteiger partial charge on any atom is 0.246 e. The predicted octanol–water partition coefficient (Wildman–Crippen LogP) is 4.62. The Bertz CT molecular complexity index is 781. The lowest BCUT2D eigenvalue weighted by molar-refractivity contribution is 0.384. The van der Waals surface area contributed by atoms with E-state index in [0.717, 1.165) is 21.8 Å². The van der Waals surface area contributed by atoms with Gasteiger partial charge in [-0.1, -0.05) is 46.6 Å². The van der Waals surface area contributed by atoms with E-state index < -0.39 is 0 Å². The highest BCUT2D eigenvalue weighted by Gasteiger charge is 2.08. The van der Waals surface area contributed by atoms with Crippen molar-refractivity contribution >= 4 is 17.3 Å². The molecule has 2 aromatic carbocycles. The van der Waals surface area contributed by atoms with Gasteiger partial charge in [0.2, 0.25) is 11.7 Å². The van der Waals surface area contributed by atoms with Crippen molar-refractivity contribution in [3.63, 3.8) is 0 Å². The lowest BCUT2D eigenvalue weighted by Crippen LogP contribution is -2.01. The lowest BCUT2D eigenvalue weighted by atomic mass is 10.1. The van der Waals surface area contributed by atoms with Crippen LogP contribution in [0.15, 0.2) is 47.0 Å². The monoisotopic (exact) mass is 313 g/mol. The predicted molar refractivity (Wildman–Crippen MR) is 88.0 cm³/mol. The molecule has 0 saturated heterocycles. The summed E-state index contributed by atoms with van der Waals surface area (Å²) in [6.07, 6.45) is 0. The molecule has 4 nitrogen and oxygen atoms in total. The summed E-state index contributed by atoms with van der Waals surface area (Å²) in [5.41, 5.74) is 4.22. The van der Waals surface area contributed by atoms with Crippen LogP contribution in [0.25, 0.3) is 11.4 Å². The second kappa shape index (κ2) is 6.20. The van der Waals surface area contributed by atoms with E-state index in [9.17, 15) is 0 Å². The fraction of sp³-hybridized carbons (Fsp3) is 0.176. The van der Waals surface area contributed by atoms with Crippen molar-refractivity contribution in [2.45, 2.75) is 20.4 Å². The molecule has 0 amide bonds. The number of benzene rings is 2. The molecule has 1 aromatic heterocycles. The molecule has 5 heteroatoms. The summed E-state index contributed by atoms with van der Waals surface area (Å²) in [6.45, 7) is 4.52. The van der Waals surface area contributed by atoms with Gasteiger partial charge in [0, 0.05) is 16.3 Å². The largest absolute Gasteiger partial charge is 0.376 e. The summed E-state index contributed by atoms with van der Waals surface area (Å²) in [5, 5.41) is 8.02. The topological polar surface area (TPSA) is 51.0 Å². The van der Waals surface area contributed by atoms with Crippen LogP contribution in [0.4, 0.5) is 5.69 Å². The van der Waals surface area contributed by atoms with Crippen LogP contribution in [0.5, 0.6) is 0 Å². The van der Waals surface area contributed by atoms with Crippen LogP contribution in [0.1, 0.15) is 17.0 Å². The van der Waals surface area contributed by atoms with Gasteiger partial charge in [-0.15, -0.1) is 0 Å². The molecule has 3 rings (SSSR count). The molecule has 0 fully saturated rings. The van der Waals surface area contributed by atoms with Crippen molar-refractivity contribution in [1.82, 2.24) is 10.1 Å². The van der Waals surface area contributed by atoms with Crippen molar-refractivity contribution in [2.75, 3.05) is 5.32 Å². The van der Waals surface area contributed by atoms with Crippen molar-refractivity contribution < 1.29 is 4.52 Å². The zero-order valence-corrected chi connectivity index (χ0v) is 13.2. The van der Waals surface area contributed by atoms with Gasteiger partial charge in [0.1, 0.15) is 0 Å². The molecule has 0 saturated carbocycles. The molecule has 0 aliphatic carbocycles. The van der Waals surface area contributed by atoms with Crippen LogP contribution in [-0.2, 0) is 6.54 Å². The van der Waals surface area contributed by atoms with E-state index in [-0.39, 0.29) is 0 Å². The van der Waals surface area contributed by atoms with Crippen molar-refractivity contribution in [1.29, 1.82) is 0 Å². The summed E-state index contributed by atoms with van der Waals surface area (Å²) >= 11 is 5.95. The molecule has 1 N–H and O–H groups in total. The second-order valence-corrected chi connectivity index (χ2v) is 5.63. The molecule has 1 heterocycles. The van der Waals surface area contributed by atoms with Crippen LogP contribution < -0.4 is 5.32 Å². The Morgan fingerprint density at radius 1 is 1.09 bits per heavy atom. The van der Waals surface area contributed by atoms with E-state index in [4.69, 9.17) is 16.1 Å². The van der Waals surface area contributed by atoms with Gasteiger partial charge in [0.15, 0.2) is 0 Å². The SMILES string of the molecule is Cc1ccc(-c2noc(CNc3ccc(Cl)cc3C)n2)cc1. The number of halogens is 1. The van der Waals surface area contributed by atoms with Gasteiger partial charge in [-0.05, 0) is 37.6 Å². The van der Waals surface area contributed by atoms with Crippen LogP contribution in [-0.4, -0.2) is 10.1 Å². The molecule has 3 aromatic rings. The third kappa shape index (κ3) is 3.28. The van der Waals surface area contributed by atoms with Gasteiger partial charge >= 0.3 is 0 Å². The molecule has 0 bridgehead atoms. The Morgan fingerprint density at radius 3 is 2.59 bits per heavy atom. The Kier molecular flexibility index (Phi) is 4.11. The van der Waals surface area contributed by atoms with Gasteiger partial charge in [0.25, 0.3) is 0 Å². The number of aryl methyl sites for hydroxylation is 2. The van der Waals surface area contributed by atoms with Gasteiger partial charge in [0.05, 0.1) is 6.54 Å². The molecule has 0 radical (unpaired) electrons. The van der Waals surface area contributed by atoms with E-state index in [1.54, 1.807) is 0 Å². The first-order chi connectivity index (χ1) is 10.6. The average Bonchev–Trinajstić information content (AvgIpc) is 2.96. The van der Waals surface area contributed by atoms with Crippen molar-refractivity contribution in [2.24, 2.45) is 0 Å². The maximum atomic E-state index is 5.95. The molecule has 0 unspecified atom stereocenters. The fourth-order valence-electron chi connectivity index (χ4n) is 2.14. The molecular weight excluding hydrogens is 298 g/mol. The molecule has 0 aliphatic rings. The molecule has 0 atom stereocenters. The highest BCUT2D eigenvalue weighted by molar-refractivity contribution is 6.30. The van der Waals surface area contributed by atoms with E-state index in [1.165, 1.54) is 5.56 Å². The minimum absolute atomic E-state index is 0.474. The summed E-state index contributed by atoms with van der Waals surface area (Å²) in [6, 6.07) is 13.7. The molecule has 22 heavy (non-hydrogen) atoms. The summed E-state index contributed by atoms with van der Waals surface area (Å²) < 4.78 is 5.28. The normalized spacial score (nSPS) is 10.7. The smallest absolute Gasteiger partial charge is 0.246 e. The number of anilines is 1. The van der Waals surface area contributed by atoms with Gasteiger partial charge in [-0.25, -0.2) is 0 Å². The quantitative estimate of drug-likeness (QED) is 0.763. The zero-order valence-electron chi connectivity index (χ0n) is 12.4. The highest BCUT2D eigenvalue weighted by atomic mass is 35.5. The van der Waals surface area contributed by atoms with Crippen molar-refractivity contribution in [3.05, 3.63) is 64.5 Å². The number of aromatic nitrogens is 2. The summed E-state index contributed by atoms with van der Waals surface area (Å²) in [4.78, 5) is 4.41. The van der Waals surface area contributed by atoms with E-state index in [1.807, 2.05) is 56.3 Å². The molecular formula is C17H16ClN3O. The minimum Gasteiger partial charge on any atom is -0.376 e. The number of rotatable bonds is 4. The third-order valence-electron chi connectivity index (χ3n) is 3.40. The molecule has 0 spiro atoms. The number of hydrogen-bond acceptors (Lipinski definition) is 4. The van der Waals surface area contributed by atoms with Gasteiger partial charge in [-0.2, -0.15) is 4.98 Å². The Labute approximate surface area is 134 Å². The third-order valence-corrected chi connectivity index (χ3v) is 3.63. The van der Waals surface area contributed by atoms with E-state index in [2.05, 4.69) is 15.5 Å². The van der Waals surface area contributed by atoms with Crippen LogP contribution in [0, 0.1) is 13.8 Å². The Morgan fingerprint density at radius 2 is 1.86 bits per heavy atom. The number of hydrogen-bond donors (Lipinski definition) is 1. The lowest BCUT2D eigenvalue weighted by Gasteiger charge is -2.07. The first kappa shape index (κ1) is 14.6. The standard InChI is InChI=1S/C17H16ClN3O/c1-11-3-5-13(6-4-11)17-20-16(22-21-17)10-19-15-8-7-14(18)9-12(15)2/h3-9,19H,10H2,1-2H3. The van der Waals surface area contributed by atoms with Crippen LogP contribution in [0.2, 0.25) is 5.02 Å². The Balaban J connectivity index is 1.70. The minimum atomic E-state index is 0.474. The first-order valence-corrected chi connectivity index (χ1v) is 7.39. The van der Waals surface area contributed by atoms with Gasteiger partial charge < -0.3 is 9.84 Å². The molecule has 112 valence electrons. The van der Waals surface area contributed by atoms with E-state index in [0.29, 0.717) is 18.3 Å². The Hall–Kier alpha value is -2.33. The average molecular weight is 314 g/mol. The molecule has 0 aliphatic heterocycles. The fourth-order valence-corrected chi connectivity index (χ4v) is 2.37. The highest BCUT2D eigenvalue weighted by Crippen LogP contribution is 2.21. The number of nitrogens with one attached hydrogen (secondary N) is 1. The summed E-state index contributed by atoms with van der Waals surface area (Å²) in [5.74, 6) is 1.15. The second-order valence-electron chi connectivity index (χ2n) is 5.19.